The summed E-state index contributed by atoms with van der Waals surface area (Å²) in [5.74, 6) is 1.83. The van der Waals surface area contributed by atoms with Gasteiger partial charge in [0.05, 0.1) is 13.2 Å². The summed E-state index contributed by atoms with van der Waals surface area (Å²) in [6, 6.07) is 11.2. The SMILES string of the molecule is CN(c1ccnc(N2CCOCC2)n1)C1CCN(Cc2cccc(Br)c2)CC1. The molecule has 2 fully saturated rings. The summed E-state index contributed by atoms with van der Waals surface area (Å²) < 4.78 is 6.59. The zero-order chi connectivity index (χ0) is 19.3. The Morgan fingerprint density at radius 2 is 1.93 bits per heavy atom. The molecule has 0 saturated carbocycles. The van der Waals surface area contributed by atoms with Crippen molar-refractivity contribution >= 4 is 27.7 Å². The number of hydrogen-bond donors (Lipinski definition) is 0. The van der Waals surface area contributed by atoms with Crippen molar-refractivity contribution in [3.8, 4) is 0 Å². The van der Waals surface area contributed by atoms with Crippen LogP contribution in [-0.2, 0) is 11.3 Å². The van der Waals surface area contributed by atoms with Crippen molar-refractivity contribution in [1.29, 1.82) is 0 Å². The lowest BCUT2D eigenvalue weighted by atomic mass is 10.0. The number of anilines is 2. The van der Waals surface area contributed by atoms with Crippen LogP contribution in [0.3, 0.4) is 0 Å². The van der Waals surface area contributed by atoms with Crippen molar-refractivity contribution in [2.45, 2.75) is 25.4 Å². The summed E-state index contributed by atoms with van der Waals surface area (Å²) in [6.45, 7) is 6.47. The number of ether oxygens (including phenoxy) is 1. The number of hydrogen-bond acceptors (Lipinski definition) is 6. The highest BCUT2D eigenvalue weighted by molar-refractivity contribution is 9.10. The van der Waals surface area contributed by atoms with Gasteiger partial charge in [-0.3, -0.25) is 4.90 Å². The summed E-state index contributed by atoms with van der Waals surface area (Å²) in [4.78, 5) is 16.4. The van der Waals surface area contributed by atoms with Crippen LogP contribution in [0.2, 0.25) is 0 Å². The van der Waals surface area contributed by atoms with Crippen LogP contribution < -0.4 is 9.80 Å². The van der Waals surface area contributed by atoms with Crippen LogP contribution in [0, 0.1) is 0 Å². The van der Waals surface area contributed by atoms with Crippen LogP contribution in [0.25, 0.3) is 0 Å². The first-order valence-electron chi connectivity index (χ1n) is 10.0. The number of piperidine rings is 1. The molecular weight excluding hydrogens is 418 g/mol. The van der Waals surface area contributed by atoms with Gasteiger partial charge in [0.2, 0.25) is 5.95 Å². The van der Waals surface area contributed by atoms with Gasteiger partial charge in [0.15, 0.2) is 0 Å². The van der Waals surface area contributed by atoms with Crippen molar-refractivity contribution in [2.24, 2.45) is 0 Å². The molecule has 0 bridgehead atoms. The van der Waals surface area contributed by atoms with Crippen LogP contribution in [-0.4, -0.2) is 67.4 Å². The van der Waals surface area contributed by atoms with Gasteiger partial charge in [-0.15, -0.1) is 0 Å². The first kappa shape index (κ1) is 19.6. The molecule has 6 nitrogen and oxygen atoms in total. The van der Waals surface area contributed by atoms with Gasteiger partial charge in [0.1, 0.15) is 5.82 Å². The van der Waals surface area contributed by atoms with E-state index in [1.807, 2.05) is 12.3 Å². The summed E-state index contributed by atoms with van der Waals surface area (Å²) in [5, 5.41) is 0. The molecule has 7 heteroatoms. The first-order chi connectivity index (χ1) is 13.7. The normalized spacial score (nSPS) is 19.0. The van der Waals surface area contributed by atoms with Crippen molar-refractivity contribution < 1.29 is 4.74 Å². The number of aromatic nitrogens is 2. The van der Waals surface area contributed by atoms with E-state index in [4.69, 9.17) is 9.72 Å². The van der Waals surface area contributed by atoms with Crippen LogP contribution in [0.1, 0.15) is 18.4 Å². The first-order valence-corrected chi connectivity index (χ1v) is 10.8. The molecule has 0 unspecified atom stereocenters. The third-order valence-electron chi connectivity index (χ3n) is 5.68. The Bertz CT molecular complexity index is 775. The molecular formula is C21H28BrN5O. The summed E-state index contributed by atoms with van der Waals surface area (Å²) >= 11 is 3.57. The highest BCUT2D eigenvalue weighted by atomic mass is 79.9. The molecule has 0 radical (unpaired) electrons. The number of rotatable bonds is 5. The van der Waals surface area contributed by atoms with E-state index < -0.39 is 0 Å². The summed E-state index contributed by atoms with van der Waals surface area (Å²) in [7, 11) is 2.17. The quantitative estimate of drug-likeness (QED) is 0.703. The van der Waals surface area contributed by atoms with E-state index in [9.17, 15) is 0 Å². The molecule has 2 aliphatic heterocycles. The van der Waals surface area contributed by atoms with E-state index in [-0.39, 0.29) is 0 Å². The van der Waals surface area contributed by atoms with Crippen LogP contribution >= 0.6 is 15.9 Å². The fraction of sp³-hybridized carbons (Fsp3) is 0.524. The van der Waals surface area contributed by atoms with Gasteiger partial charge in [-0.05, 0) is 36.6 Å². The van der Waals surface area contributed by atoms with E-state index in [2.05, 4.69) is 66.9 Å². The Balaban J connectivity index is 1.34. The standard InChI is InChI=1S/C21H28BrN5O/c1-25(20-5-8-23-21(24-20)27-11-13-28-14-12-27)19-6-9-26(10-7-19)16-17-3-2-4-18(22)15-17/h2-5,8,15,19H,6-7,9-14,16H2,1H3. The molecule has 0 atom stereocenters. The molecule has 0 spiro atoms. The Kier molecular flexibility index (Phi) is 6.44. The maximum absolute atomic E-state index is 5.44. The molecule has 2 aromatic rings. The molecule has 3 heterocycles. The third kappa shape index (κ3) is 4.82. The number of nitrogens with zero attached hydrogens (tertiary/aromatic N) is 5. The lowest BCUT2D eigenvalue weighted by molar-refractivity contribution is 0.122. The number of benzene rings is 1. The highest BCUT2D eigenvalue weighted by Crippen LogP contribution is 2.23. The van der Waals surface area contributed by atoms with E-state index in [0.29, 0.717) is 6.04 Å². The molecule has 1 aromatic carbocycles. The van der Waals surface area contributed by atoms with Gasteiger partial charge >= 0.3 is 0 Å². The van der Waals surface area contributed by atoms with E-state index in [1.54, 1.807) is 0 Å². The number of morpholine rings is 1. The van der Waals surface area contributed by atoms with Gasteiger partial charge in [-0.2, -0.15) is 4.98 Å². The van der Waals surface area contributed by atoms with Crippen molar-refractivity contribution in [3.05, 3.63) is 46.6 Å². The van der Waals surface area contributed by atoms with Crippen molar-refractivity contribution in [2.75, 3.05) is 56.2 Å². The van der Waals surface area contributed by atoms with Crippen molar-refractivity contribution in [3.63, 3.8) is 0 Å². The van der Waals surface area contributed by atoms with E-state index in [1.165, 1.54) is 5.56 Å². The maximum Gasteiger partial charge on any atom is 0.227 e. The molecule has 0 amide bonds. The molecule has 150 valence electrons. The third-order valence-corrected chi connectivity index (χ3v) is 6.18. The molecule has 2 saturated heterocycles. The molecule has 2 aliphatic rings. The van der Waals surface area contributed by atoms with Gasteiger partial charge in [-0.1, -0.05) is 28.1 Å². The zero-order valence-corrected chi connectivity index (χ0v) is 18.0. The minimum Gasteiger partial charge on any atom is -0.378 e. The summed E-state index contributed by atoms with van der Waals surface area (Å²) in [6.07, 6.45) is 4.19. The Hall–Kier alpha value is -1.70. The smallest absolute Gasteiger partial charge is 0.227 e. The van der Waals surface area contributed by atoms with Gasteiger partial charge in [-0.25, -0.2) is 4.98 Å². The Morgan fingerprint density at radius 3 is 2.68 bits per heavy atom. The predicted octanol–water partition coefficient (Wildman–Crippen LogP) is 3.18. The second-order valence-corrected chi connectivity index (χ2v) is 8.48. The second-order valence-electron chi connectivity index (χ2n) is 7.56. The lowest BCUT2D eigenvalue weighted by Gasteiger charge is -2.37. The summed E-state index contributed by atoms with van der Waals surface area (Å²) in [5.41, 5.74) is 1.37. The average molecular weight is 446 g/mol. The maximum atomic E-state index is 5.44. The van der Waals surface area contributed by atoms with Gasteiger partial charge in [0.25, 0.3) is 0 Å². The monoisotopic (exact) mass is 445 g/mol. The lowest BCUT2D eigenvalue weighted by Crippen LogP contribution is -2.43. The van der Waals surface area contributed by atoms with E-state index in [0.717, 1.165) is 75.0 Å². The minimum absolute atomic E-state index is 0.520. The Morgan fingerprint density at radius 1 is 1.14 bits per heavy atom. The van der Waals surface area contributed by atoms with E-state index >= 15 is 0 Å². The topological polar surface area (TPSA) is 44.7 Å². The fourth-order valence-electron chi connectivity index (χ4n) is 4.00. The average Bonchev–Trinajstić information content (AvgIpc) is 2.75. The van der Waals surface area contributed by atoms with Gasteiger partial charge < -0.3 is 14.5 Å². The highest BCUT2D eigenvalue weighted by Gasteiger charge is 2.24. The van der Waals surface area contributed by atoms with Gasteiger partial charge in [0, 0.05) is 56.5 Å². The fourth-order valence-corrected chi connectivity index (χ4v) is 4.44. The molecule has 4 rings (SSSR count). The second kappa shape index (κ2) is 9.20. The number of likely N-dealkylation sites (tertiary alicyclic amines) is 1. The number of halogens is 1. The molecule has 28 heavy (non-hydrogen) atoms. The predicted molar refractivity (Wildman–Crippen MR) is 116 cm³/mol. The van der Waals surface area contributed by atoms with Crippen LogP contribution in [0.4, 0.5) is 11.8 Å². The van der Waals surface area contributed by atoms with Crippen LogP contribution in [0.15, 0.2) is 41.0 Å². The molecule has 0 aliphatic carbocycles. The Labute approximate surface area is 175 Å². The van der Waals surface area contributed by atoms with Crippen molar-refractivity contribution in [1.82, 2.24) is 14.9 Å². The molecule has 0 N–H and O–H groups in total. The zero-order valence-electron chi connectivity index (χ0n) is 16.4. The van der Waals surface area contributed by atoms with Crippen LogP contribution in [0.5, 0.6) is 0 Å². The largest absolute Gasteiger partial charge is 0.378 e. The minimum atomic E-state index is 0.520. The molecule has 1 aromatic heterocycles.